The molecule has 0 aromatic carbocycles. The van der Waals surface area contributed by atoms with Crippen LogP contribution in [0, 0.1) is 11.3 Å². The van der Waals surface area contributed by atoms with Gasteiger partial charge >= 0.3 is 5.97 Å². The summed E-state index contributed by atoms with van der Waals surface area (Å²) in [5.74, 6) is -0.609. The number of hydrogen-bond acceptors (Lipinski definition) is 3. The summed E-state index contributed by atoms with van der Waals surface area (Å²) in [4.78, 5) is 22.9. The zero-order valence-electron chi connectivity index (χ0n) is 10.2. The third-order valence-corrected chi connectivity index (χ3v) is 3.62. The minimum Gasteiger partial charge on any atom is -0.481 e. The lowest BCUT2D eigenvalue weighted by Crippen LogP contribution is -2.40. The Kier molecular flexibility index (Phi) is 4.93. The smallest absolute Gasteiger partial charge is 0.310 e. The van der Waals surface area contributed by atoms with Crippen LogP contribution in [0.2, 0.25) is 0 Å². The number of aliphatic hydroxyl groups excluding tert-OH is 1. The van der Waals surface area contributed by atoms with Gasteiger partial charge in [-0.25, -0.2) is 0 Å². The Balaban J connectivity index is 2.60. The zero-order chi connectivity index (χ0) is 12.9. The summed E-state index contributed by atoms with van der Waals surface area (Å²) in [6, 6.07) is 0. The number of rotatable bonds is 5. The molecule has 0 atom stereocenters. The van der Waals surface area contributed by atoms with Gasteiger partial charge in [-0.15, -0.1) is 0 Å². The number of amides is 1. The number of carbonyl (C=O) groups excluding carboxylic acids is 1. The molecule has 17 heavy (non-hydrogen) atoms. The van der Waals surface area contributed by atoms with E-state index >= 15 is 0 Å². The highest BCUT2D eigenvalue weighted by Gasteiger charge is 2.42. The van der Waals surface area contributed by atoms with E-state index in [-0.39, 0.29) is 25.5 Å². The van der Waals surface area contributed by atoms with Gasteiger partial charge in [-0.3, -0.25) is 9.59 Å². The van der Waals surface area contributed by atoms with Crippen LogP contribution in [0.1, 0.15) is 39.0 Å². The van der Waals surface area contributed by atoms with E-state index in [0.29, 0.717) is 18.8 Å². The summed E-state index contributed by atoms with van der Waals surface area (Å²) >= 11 is 0. The maximum Gasteiger partial charge on any atom is 0.310 e. The topological polar surface area (TPSA) is 86.6 Å². The fourth-order valence-corrected chi connectivity index (χ4v) is 2.35. The summed E-state index contributed by atoms with van der Waals surface area (Å²) in [6.45, 7) is 2.17. The zero-order valence-corrected chi connectivity index (χ0v) is 10.2. The molecule has 3 N–H and O–H groups in total. The van der Waals surface area contributed by atoms with E-state index < -0.39 is 11.4 Å². The van der Waals surface area contributed by atoms with Crippen molar-refractivity contribution in [3.8, 4) is 0 Å². The fourth-order valence-electron chi connectivity index (χ4n) is 2.35. The molecule has 0 unspecified atom stereocenters. The highest BCUT2D eigenvalue weighted by molar-refractivity contribution is 5.85. The molecule has 1 amide bonds. The van der Waals surface area contributed by atoms with Crippen LogP contribution in [0.15, 0.2) is 0 Å². The Hall–Kier alpha value is -1.10. The summed E-state index contributed by atoms with van der Waals surface area (Å²) in [5.41, 5.74) is -0.897. The molecule has 1 aliphatic rings. The van der Waals surface area contributed by atoms with Crippen molar-refractivity contribution in [3.05, 3.63) is 0 Å². The number of hydrogen-bond donors (Lipinski definition) is 3. The summed E-state index contributed by atoms with van der Waals surface area (Å²) in [7, 11) is 0. The summed E-state index contributed by atoms with van der Waals surface area (Å²) in [5, 5.41) is 20.4. The molecule has 0 heterocycles. The lowest BCUT2D eigenvalue weighted by molar-refractivity contribution is -0.154. The molecular weight excluding hydrogens is 222 g/mol. The first-order valence-electron chi connectivity index (χ1n) is 6.11. The Morgan fingerprint density at radius 2 is 1.94 bits per heavy atom. The predicted octanol–water partition coefficient (Wildman–Crippen LogP) is 0.766. The van der Waals surface area contributed by atoms with Crippen LogP contribution in [0.25, 0.3) is 0 Å². The molecule has 0 spiro atoms. The molecule has 0 saturated heterocycles. The highest BCUT2D eigenvalue weighted by atomic mass is 16.4. The van der Waals surface area contributed by atoms with Crippen molar-refractivity contribution in [2.75, 3.05) is 13.2 Å². The van der Waals surface area contributed by atoms with E-state index in [1.165, 1.54) is 0 Å². The molecule has 0 aliphatic heterocycles. The molecule has 0 bridgehead atoms. The van der Waals surface area contributed by atoms with E-state index in [4.69, 9.17) is 5.11 Å². The van der Waals surface area contributed by atoms with Gasteiger partial charge in [0.25, 0.3) is 0 Å². The van der Waals surface area contributed by atoms with Crippen LogP contribution in [0.3, 0.4) is 0 Å². The molecule has 5 heteroatoms. The minimum atomic E-state index is -0.897. The van der Waals surface area contributed by atoms with E-state index in [0.717, 1.165) is 12.8 Å². The SMILES string of the molecule is CC1CCC(CC(=O)NCCO)(C(=O)O)CC1. The van der Waals surface area contributed by atoms with E-state index in [1.807, 2.05) is 0 Å². The highest BCUT2D eigenvalue weighted by Crippen LogP contribution is 2.41. The van der Waals surface area contributed by atoms with Gasteiger partial charge in [0.1, 0.15) is 0 Å². The van der Waals surface area contributed by atoms with Crippen LogP contribution in [0.4, 0.5) is 0 Å². The van der Waals surface area contributed by atoms with E-state index in [2.05, 4.69) is 12.2 Å². The van der Waals surface area contributed by atoms with E-state index in [1.54, 1.807) is 0 Å². The average molecular weight is 243 g/mol. The first-order chi connectivity index (χ1) is 8.00. The monoisotopic (exact) mass is 243 g/mol. The van der Waals surface area contributed by atoms with Crippen molar-refractivity contribution in [1.29, 1.82) is 0 Å². The Bertz CT molecular complexity index is 282. The normalized spacial score (nSPS) is 28.7. The molecule has 1 saturated carbocycles. The third kappa shape index (κ3) is 3.70. The second-order valence-electron chi connectivity index (χ2n) is 5.02. The first kappa shape index (κ1) is 14.0. The van der Waals surface area contributed by atoms with Gasteiger partial charge in [-0.05, 0) is 31.6 Å². The van der Waals surface area contributed by atoms with Crippen LogP contribution < -0.4 is 5.32 Å². The number of aliphatic carboxylic acids is 1. The lowest BCUT2D eigenvalue weighted by atomic mass is 9.69. The van der Waals surface area contributed by atoms with Gasteiger partial charge < -0.3 is 15.5 Å². The fraction of sp³-hybridized carbons (Fsp3) is 0.833. The van der Waals surface area contributed by atoms with Crippen LogP contribution >= 0.6 is 0 Å². The van der Waals surface area contributed by atoms with Crippen molar-refractivity contribution < 1.29 is 19.8 Å². The van der Waals surface area contributed by atoms with Crippen molar-refractivity contribution >= 4 is 11.9 Å². The van der Waals surface area contributed by atoms with Crippen LogP contribution in [-0.4, -0.2) is 35.2 Å². The number of carboxylic acids is 1. The number of carboxylic acid groups (broad SMARTS) is 1. The van der Waals surface area contributed by atoms with Gasteiger partial charge in [0.15, 0.2) is 0 Å². The predicted molar refractivity (Wildman–Crippen MR) is 62.4 cm³/mol. The second kappa shape index (κ2) is 6.00. The Labute approximate surface area is 101 Å². The number of carbonyl (C=O) groups is 2. The molecule has 1 rings (SSSR count). The largest absolute Gasteiger partial charge is 0.481 e. The maximum atomic E-state index is 11.6. The van der Waals surface area contributed by atoms with Crippen molar-refractivity contribution in [1.82, 2.24) is 5.32 Å². The molecular formula is C12H21NO4. The number of nitrogens with one attached hydrogen (secondary N) is 1. The van der Waals surface area contributed by atoms with Crippen molar-refractivity contribution in [2.45, 2.75) is 39.0 Å². The van der Waals surface area contributed by atoms with E-state index in [9.17, 15) is 14.7 Å². The minimum absolute atomic E-state index is 0.0229. The van der Waals surface area contributed by atoms with Gasteiger partial charge in [0, 0.05) is 13.0 Å². The standard InChI is InChI=1S/C12H21NO4/c1-9-2-4-12(5-3-9,11(16)17)8-10(15)13-6-7-14/h9,14H,2-8H2,1H3,(H,13,15)(H,16,17). The Morgan fingerprint density at radius 3 is 2.41 bits per heavy atom. The molecule has 1 fully saturated rings. The van der Waals surface area contributed by atoms with Gasteiger partial charge in [-0.1, -0.05) is 6.92 Å². The molecule has 98 valence electrons. The lowest BCUT2D eigenvalue weighted by Gasteiger charge is -2.35. The van der Waals surface area contributed by atoms with Gasteiger partial charge in [-0.2, -0.15) is 0 Å². The summed E-state index contributed by atoms with van der Waals surface area (Å²) in [6.07, 6.45) is 2.88. The second-order valence-corrected chi connectivity index (χ2v) is 5.02. The average Bonchev–Trinajstić information content (AvgIpc) is 2.29. The quantitative estimate of drug-likeness (QED) is 0.665. The first-order valence-corrected chi connectivity index (χ1v) is 6.11. The maximum absolute atomic E-state index is 11.6. The van der Waals surface area contributed by atoms with Crippen LogP contribution in [-0.2, 0) is 9.59 Å². The number of aliphatic hydroxyl groups is 1. The van der Waals surface area contributed by atoms with Gasteiger partial charge in [0.2, 0.25) is 5.91 Å². The van der Waals surface area contributed by atoms with Gasteiger partial charge in [0.05, 0.1) is 12.0 Å². The Morgan fingerprint density at radius 1 is 1.35 bits per heavy atom. The third-order valence-electron chi connectivity index (χ3n) is 3.62. The molecule has 0 aromatic rings. The summed E-state index contributed by atoms with van der Waals surface area (Å²) < 4.78 is 0. The molecule has 0 aromatic heterocycles. The molecule has 1 aliphatic carbocycles. The molecule has 5 nitrogen and oxygen atoms in total. The van der Waals surface area contributed by atoms with Crippen molar-refractivity contribution in [2.24, 2.45) is 11.3 Å². The van der Waals surface area contributed by atoms with Crippen LogP contribution in [0.5, 0.6) is 0 Å². The van der Waals surface area contributed by atoms with Crippen molar-refractivity contribution in [3.63, 3.8) is 0 Å². The molecule has 0 radical (unpaired) electrons.